The van der Waals surface area contributed by atoms with Crippen LogP contribution in [0.1, 0.15) is 38.7 Å². The SMILES string of the molecule is CC[C@@H](C)Oc1ccc(CN2C[C@H]3C[C@H](O)[C@@H](O)C[C@H]3C2)cc1Cl. The van der Waals surface area contributed by atoms with Gasteiger partial charge in [0.2, 0.25) is 0 Å². The van der Waals surface area contributed by atoms with Gasteiger partial charge in [0.25, 0.3) is 0 Å². The minimum atomic E-state index is -0.558. The van der Waals surface area contributed by atoms with Crippen molar-refractivity contribution in [1.29, 1.82) is 0 Å². The molecule has 1 aromatic carbocycles. The Labute approximate surface area is 149 Å². The monoisotopic (exact) mass is 353 g/mol. The first kappa shape index (κ1) is 18.0. The highest BCUT2D eigenvalue weighted by Crippen LogP contribution is 2.37. The molecule has 1 aliphatic carbocycles. The average Bonchev–Trinajstić information content (AvgIpc) is 2.91. The van der Waals surface area contributed by atoms with Gasteiger partial charge in [-0.25, -0.2) is 0 Å². The van der Waals surface area contributed by atoms with E-state index in [0.29, 0.717) is 29.7 Å². The van der Waals surface area contributed by atoms with Gasteiger partial charge in [-0.2, -0.15) is 0 Å². The van der Waals surface area contributed by atoms with Crippen LogP contribution in [0.2, 0.25) is 5.02 Å². The Morgan fingerprint density at radius 2 is 1.83 bits per heavy atom. The van der Waals surface area contributed by atoms with E-state index in [9.17, 15) is 10.2 Å². The third-order valence-corrected chi connectivity index (χ3v) is 5.79. The fourth-order valence-corrected chi connectivity index (χ4v) is 4.18. The van der Waals surface area contributed by atoms with E-state index >= 15 is 0 Å². The van der Waals surface area contributed by atoms with Crippen LogP contribution in [0, 0.1) is 11.8 Å². The van der Waals surface area contributed by atoms with Gasteiger partial charge in [-0.1, -0.05) is 24.6 Å². The predicted octanol–water partition coefficient (Wildman–Crippen LogP) is 3.08. The smallest absolute Gasteiger partial charge is 0.138 e. The molecule has 1 saturated heterocycles. The van der Waals surface area contributed by atoms with Gasteiger partial charge in [0.05, 0.1) is 23.3 Å². The molecule has 1 aromatic rings. The topological polar surface area (TPSA) is 52.9 Å². The molecule has 5 heteroatoms. The highest BCUT2D eigenvalue weighted by molar-refractivity contribution is 6.32. The van der Waals surface area contributed by atoms with Crippen LogP contribution in [0.25, 0.3) is 0 Å². The van der Waals surface area contributed by atoms with E-state index in [4.69, 9.17) is 16.3 Å². The Balaban J connectivity index is 1.60. The first-order valence-electron chi connectivity index (χ1n) is 8.99. The zero-order valence-electron chi connectivity index (χ0n) is 14.5. The Bertz CT molecular complexity index is 550. The molecular weight excluding hydrogens is 326 g/mol. The third-order valence-electron chi connectivity index (χ3n) is 5.49. The molecule has 2 N–H and O–H groups in total. The number of benzene rings is 1. The van der Waals surface area contributed by atoms with Gasteiger partial charge in [-0.15, -0.1) is 0 Å². The zero-order valence-corrected chi connectivity index (χ0v) is 15.2. The van der Waals surface area contributed by atoms with Crippen LogP contribution in [0.4, 0.5) is 0 Å². The summed E-state index contributed by atoms with van der Waals surface area (Å²) in [6.07, 6.45) is 1.42. The van der Waals surface area contributed by atoms with Gasteiger partial charge in [0.15, 0.2) is 0 Å². The summed E-state index contributed by atoms with van der Waals surface area (Å²) >= 11 is 6.37. The Hall–Kier alpha value is -0.810. The number of aliphatic hydroxyl groups excluding tert-OH is 2. The van der Waals surface area contributed by atoms with Crippen LogP contribution in [-0.2, 0) is 6.54 Å². The molecule has 0 bridgehead atoms. The molecule has 1 heterocycles. The third kappa shape index (κ3) is 4.05. The molecule has 2 aliphatic rings. The standard InChI is InChI=1S/C19H28ClNO3/c1-3-12(2)24-19-5-4-13(6-16(19)20)9-21-10-14-7-17(22)18(23)8-15(14)11-21/h4-6,12,14-15,17-18,22-23H,3,7-11H2,1-2H3/t12-,14-,15+,17+,18+/m1/s1. The Kier molecular flexibility index (Phi) is 5.70. The van der Waals surface area contributed by atoms with Gasteiger partial charge < -0.3 is 14.9 Å². The van der Waals surface area contributed by atoms with E-state index in [-0.39, 0.29) is 6.10 Å². The fraction of sp³-hybridized carbons (Fsp3) is 0.684. The van der Waals surface area contributed by atoms with E-state index in [2.05, 4.69) is 17.9 Å². The number of nitrogens with zero attached hydrogens (tertiary/aromatic N) is 1. The van der Waals surface area contributed by atoms with Crippen molar-refractivity contribution in [3.63, 3.8) is 0 Å². The van der Waals surface area contributed by atoms with E-state index in [0.717, 1.165) is 31.8 Å². The number of rotatable bonds is 5. The van der Waals surface area contributed by atoms with Crippen LogP contribution in [0.3, 0.4) is 0 Å². The van der Waals surface area contributed by atoms with Gasteiger partial charge in [0, 0.05) is 19.6 Å². The zero-order chi connectivity index (χ0) is 17.3. The molecule has 134 valence electrons. The molecule has 0 spiro atoms. The Morgan fingerprint density at radius 1 is 1.21 bits per heavy atom. The highest BCUT2D eigenvalue weighted by atomic mass is 35.5. The quantitative estimate of drug-likeness (QED) is 0.854. The maximum absolute atomic E-state index is 9.86. The van der Waals surface area contributed by atoms with Gasteiger partial charge >= 0.3 is 0 Å². The van der Waals surface area contributed by atoms with Gasteiger partial charge in [-0.3, -0.25) is 4.90 Å². The maximum Gasteiger partial charge on any atom is 0.138 e. The van der Waals surface area contributed by atoms with Crippen LogP contribution < -0.4 is 4.74 Å². The first-order chi connectivity index (χ1) is 11.5. The molecule has 24 heavy (non-hydrogen) atoms. The van der Waals surface area contributed by atoms with E-state index < -0.39 is 12.2 Å². The van der Waals surface area contributed by atoms with E-state index in [1.54, 1.807) is 0 Å². The first-order valence-corrected chi connectivity index (χ1v) is 9.37. The number of likely N-dealkylation sites (tertiary alicyclic amines) is 1. The van der Waals surface area contributed by atoms with Crippen molar-refractivity contribution in [3.8, 4) is 5.75 Å². The molecule has 5 atom stereocenters. The number of ether oxygens (including phenoxy) is 1. The minimum Gasteiger partial charge on any atom is -0.489 e. The second-order valence-corrected chi connectivity index (χ2v) is 7.83. The van der Waals surface area contributed by atoms with Crippen molar-refractivity contribution < 1.29 is 14.9 Å². The summed E-state index contributed by atoms with van der Waals surface area (Å²) in [5.74, 6) is 1.73. The summed E-state index contributed by atoms with van der Waals surface area (Å²) in [7, 11) is 0. The van der Waals surface area contributed by atoms with Crippen LogP contribution in [0.15, 0.2) is 18.2 Å². The molecule has 0 amide bonds. The van der Waals surface area contributed by atoms with Gasteiger partial charge in [-0.05, 0) is 55.7 Å². The summed E-state index contributed by atoms with van der Waals surface area (Å²) in [4.78, 5) is 2.40. The average molecular weight is 354 g/mol. The number of hydrogen-bond acceptors (Lipinski definition) is 4. The molecule has 1 saturated carbocycles. The van der Waals surface area contributed by atoms with Crippen molar-refractivity contribution >= 4 is 11.6 Å². The molecule has 0 aromatic heterocycles. The van der Waals surface area contributed by atoms with Crippen molar-refractivity contribution in [2.24, 2.45) is 11.8 Å². The maximum atomic E-state index is 9.86. The molecule has 3 rings (SSSR count). The summed E-state index contributed by atoms with van der Waals surface area (Å²) in [5, 5.41) is 20.4. The molecule has 0 unspecified atom stereocenters. The summed E-state index contributed by atoms with van der Waals surface area (Å²) in [5.41, 5.74) is 1.18. The largest absolute Gasteiger partial charge is 0.489 e. The van der Waals surface area contributed by atoms with Crippen molar-refractivity contribution in [3.05, 3.63) is 28.8 Å². The lowest BCUT2D eigenvalue weighted by molar-refractivity contribution is -0.0372. The van der Waals surface area contributed by atoms with E-state index in [1.165, 1.54) is 5.56 Å². The summed E-state index contributed by atoms with van der Waals surface area (Å²) in [6.45, 7) is 6.95. The summed E-state index contributed by atoms with van der Waals surface area (Å²) in [6, 6.07) is 6.03. The highest BCUT2D eigenvalue weighted by Gasteiger charge is 2.40. The molecule has 4 nitrogen and oxygen atoms in total. The van der Waals surface area contributed by atoms with E-state index in [1.807, 2.05) is 19.1 Å². The number of fused-ring (bicyclic) bond motifs is 1. The molecule has 2 fully saturated rings. The molecule has 1 aliphatic heterocycles. The second-order valence-electron chi connectivity index (χ2n) is 7.42. The summed E-state index contributed by atoms with van der Waals surface area (Å²) < 4.78 is 5.82. The van der Waals surface area contributed by atoms with Crippen LogP contribution in [-0.4, -0.2) is 46.5 Å². The van der Waals surface area contributed by atoms with Crippen LogP contribution >= 0.6 is 11.6 Å². The lowest BCUT2D eigenvalue weighted by atomic mass is 9.79. The number of hydrogen-bond donors (Lipinski definition) is 2. The number of halogens is 1. The minimum absolute atomic E-state index is 0.160. The fourth-order valence-electron chi connectivity index (χ4n) is 3.93. The molecule has 0 radical (unpaired) electrons. The Morgan fingerprint density at radius 3 is 2.38 bits per heavy atom. The predicted molar refractivity (Wildman–Crippen MR) is 95.3 cm³/mol. The van der Waals surface area contributed by atoms with Crippen LogP contribution in [0.5, 0.6) is 5.75 Å². The number of aliphatic hydroxyl groups is 2. The normalized spacial score (nSPS) is 31.7. The van der Waals surface area contributed by atoms with Crippen molar-refractivity contribution in [2.75, 3.05) is 13.1 Å². The van der Waals surface area contributed by atoms with Gasteiger partial charge in [0.1, 0.15) is 5.75 Å². The lowest BCUT2D eigenvalue weighted by Gasteiger charge is -2.32. The second kappa shape index (κ2) is 7.61. The lowest BCUT2D eigenvalue weighted by Crippen LogP contribution is -2.38. The molecular formula is C19H28ClNO3. The van der Waals surface area contributed by atoms with Crippen molar-refractivity contribution in [1.82, 2.24) is 4.90 Å². The van der Waals surface area contributed by atoms with Crippen molar-refractivity contribution in [2.45, 2.75) is 58.0 Å².